The summed E-state index contributed by atoms with van der Waals surface area (Å²) in [6.07, 6.45) is 1.90. The monoisotopic (exact) mass is 853 g/mol. The zero-order valence-electron chi connectivity index (χ0n) is 31.5. The molecule has 0 amide bonds. The molecule has 0 N–H and O–H groups in total. The van der Waals surface area contributed by atoms with Crippen molar-refractivity contribution in [1.82, 2.24) is 18.7 Å². The van der Waals surface area contributed by atoms with Gasteiger partial charge in [-0.2, -0.15) is 0 Å². The second-order valence-corrected chi connectivity index (χ2v) is 18.0. The fraction of sp³-hybridized carbons (Fsp3) is 0.333. The van der Waals surface area contributed by atoms with Crippen molar-refractivity contribution >= 4 is 32.8 Å². The average molecular weight is 854 g/mol. The first-order valence-corrected chi connectivity index (χ1v) is 18.9. The molecule has 8 rings (SSSR count). The van der Waals surface area contributed by atoms with E-state index in [1.807, 2.05) is 24.4 Å². The summed E-state index contributed by atoms with van der Waals surface area (Å²) in [4.78, 5) is 4.93. The summed E-state index contributed by atoms with van der Waals surface area (Å²) >= 11 is 2.41. The fourth-order valence-electron chi connectivity index (χ4n) is 8.27. The first kappa shape index (κ1) is 33.9. The Morgan fingerprint density at radius 1 is 0.765 bits per heavy atom. The smallest absolute Gasteiger partial charge is 0.0582 e. The Balaban J connectivity index is 1.29. The number of benzene rings is 4. The normalized spacial score (nSPS) is 16.3. The van der Waals surface area contributed by atoms with E-state index in [4.69, 9.17) is 9.72 Å². The summed E-state index contributed by atoms with van der Waals surface area (Å²) in [6.45, 7) is 23.3. The fourth-order valence-corrected chi connectivity index (χ4v) is 9.09. The maximum atomic E-state index is 6.61. The van der Waals surface area contributed by atoms with E-state index >= 15 is 0 Å². The molecule has 3 heterocycles. The van der Waals surface area contributed by atoms with Crippen LogP contribution in [0, 0.1) is 28.3 Å². The first-order valence-electron chi connectivity index (χ1n) is 17.8. The van der Waals surface area contributed by atoms with Crippen LogP contribution in [0.3, 0.4) is 0 Å². The number of pyridine rings is 1. The zero-order chi connectivity index (χ0) is 36.4. The van der Waals surface area contributed by atoms with Crippen molar-refractivity contribution in [2.75, 3.05) is 0 Å². The molecule has 4 aromatic carbocycles. The van der Waals surface area contributed by atoms with Gasteiger partial charge in [-0.1, -0.05) is 47.6 Å². The zero-order valence-corrected chi connectivity index (χ0v) is 33.8. The molecule has 51 heavy (non-hydrogen) atoms. The third-order valence-corrected chi connectivity index (χ3v) is 13.7. The minimum absolute atomic E-state index is 0.0188. The number of rotatable bonds is 4. The Morgan fingerprint density at radius 3 is 2.22 bits per heavy atom. The molecule has 264 valence electrons. The average Bonchev–Trinajstić information content (AvgIpc) is 3.56. The summed E-state index contributed by atoms with van der Waals surface area (Å²) in [5, 5.41) is 2.34. The summed E-state index contributed by atoms with van der Waals surface area (Å²) in [7, 11) is 2.12. The first-order chi connectivity index (χ1) is 23.9. The van der Waals surface area contributed by atoms with Gasteiger partial charge in [0.25, 0.3) is 0 Å². The van der Waals surface area contributed by atoms with Crippen LogP contribution < -0.4 is 4.74 Å². The van der Waals surface area contributed by atoms with Crippen LogP contribution in [0.4, 0.5) is 0 Å². The van der Waals surface area contributed by atoms with E-state index in [2.05, 4.69) is 176 Å². The van der Waals surface area contributed by atoms with Gasteiger partial charge in [-0.05, 0) is 40.4 Å². The molecule has 7 aromatic rings. The van der Waals surface area contributed by atoms with Gasteiger partial charge in [0, 0.05) is 6.20 Å². The Labute approximate surface area is 312 Å². The predicted octanol–water partition coefficient (Wildman–Crippen LogP) is 11.1. The van der Waals surface area contributed by atoms with Crippen LogP contribution in [0.15, 0.2) is 79.0 Å². The number of aryl methyl sites for hydroxylation is 2. The van der Waals surface area contributed by atoms with E-state index in [0.717, 1.165) is 37.3 Å². The van der Waals surface area contributed by atoms with E-state index in [9.17, 15) is 0 Å². The molecular formula is C45H46N4OPt-2. The van der Waals surface area contributed by atoms with Crippen molar-refractivity contribution in [2.45, 2.75) is 85.5 Å². The van der Waals surface area contributed by atoms with Gasteiger partial charge in [0.1, 0.15) is 0 Å². The molecule has 1 aliphatic carbocycles. The molecule has 0 radical (unpaired) electrons. The summed E-state index contributed by atoms with van der Waals surface area (Å²) in [5.74, 6) is 2.16. The van der Waals surface area contributed by atoms with E-state index in [1.54, 1.807) is 0 Å². The molecule has 5 nitrogen and oxygen atoms in total. The molecule has 0 saturated heterocycles. The van der Waals surface area contributed by atoms with Crippen molar-refractivity contribution in [1.29, 1.82) is 0 Å². The molecule has 0 bridgehead atoms. The Bertz CT molecular complexity index is 2620. The molecule has 0 unspecified atom stereocenters. The predicted molar refractivity (Wildman–Crippen MR) is 205 cm³/mol. The summed E-state index contributed by atoms with van der Waals surface area (Å²) in [5.41, 5.74) is 10.6. The second-order valence-electron chi connectivity index (χ2n) is 17.0. The molecule has 3 aromatic heterocycles. The van der Waals surface area contributed by atoms with Crippen LogP contribution >= 0.6 is 0 Å². The summed E-state index contributed by atoms with van der Waals surface area (Å²) < 4.78 is 14.5. The Kier molecular flexibility index (Phi) is 7.41. The summed E-state index contributed by atoms with van der Waals surface area (Å²) in [6, 6.07) is 33.2. The topological polar surface area (TPSA) is 36.9 Å². The standard InChI is InChI=1S/C45H46N4O.Pt/c1-28-21-22-46-39(23-28)49-37-26-32(16-17-33(37)34-18-19-35-40(41(34)49)44(7,8)45(9,10)43(35,5)6)50-31-14-12-13-30(25-31)48-27-47(11)38-24-29(42(2,3)4)15-20-36(38)48;/h12-24H,1-11H3;/q-2;. The van der Waals surface area contributed by atoms with Crippen LogP contribution in [0.5, 0.6) is 11.5 Å². The van der Waals surface area contributed by atoms with E-state index in [1.165, 1.54) is 33.1 Å². The second kappa shape index (κ2) is 11.1. The molecule has 0 saturated carbocycles. The van der Waals surface area contributed by atoms with Crippen LogP contribution in [0.1, 0.15) is 84.6 Å². The number of hydrogen-bond acceptors (Lipinski definition) is 2. The van der Waals surface area contributed by atoms with Gasteiger partial charge in [0.05, 0.1) is 0 Å². The number of nitrogens with zero attached hydrogens (tertiary/aromatic N) is 4. The third kappa shape index (κ3) is 4.83. The Morgan fingerprint density at radius 2 is 1.49 bits per heavy atom. The van der Waals surface area contributed by atoms with Crippen molar-refractivity contribution in [3.8, 4) is 23.0 Å². The van der Waals surface area contributed by atoms with Crippen molar-refractivity contribution in [3.63, 3.8) is 0 Å². The van der Waals surface area contributed by atoms with Gasteiger partial charge in [-0.3, -0.25) is 0 Å². The Hall–Kier alpha value is -4.21. The minimum Gasteiger partial charge on any atom is -0.0582 e. The van der Waals surface area contributed by atoms with Crippen molar-refractivity contribution < 1.29 is 24.1 Å². The molecule has 0 atom stereocenters. The number of fused-ring (bicyclic) bond motifs is 6. The quantitative estimate of drug-likeness (QED) is 0.165. The molecule has 0 aliphatic heterocycles. The van der Waals surface area contributed by atoms with Crippen molar-refractivity contribution in [2.24, 2.45) is 12.5 Å². The molecular weight excluding hydrogens is 808 g/mol. The molecule has 0 fully saturated rings. The van der Waals surface area contributed by atoms with Crippen LogP contribution in [-0.4, -0.2) is 18.7 Å². The molecule has 1 aliphatic rings. The van der Waals surface area contributed by atoms with Gasteiger partial charge in [-0.25, -0.2) is 0 Å². The van der Waals surface area contributed by atoms with Crippen molar-refractivity contribution in [3.05, 3.63) is 117 Å². The van der Waals surface area contributed by atoms with E-state index in [0.29, 0.717) is 11.5 Å². The van der Waals surface area contributed by atoms with Gasteiger partial charge in [0.2, 0.25) is 0 Å². The van der Waals surface area contributed by atoms with Crippen LogP contribution in [-0.2, 0) is 42.6 Å². The third-order valence-electron chi connectivity index (χ3n) is 12.5. The number of hydrogen-bond donors (Lipinski definition) is 0. The maximum absolute atomic E-state index is 6.61. The molecule has 6 heteroatoms. The van der Waals surface area contributed by atoms with Crippen LogP contribution in [0.2, 0.25) is 0 Å². The van der Waals surface area contributed by atoms with E-state index < -0.39 is 0 Å². The molecule has 0 spiro atoms. The minimum atomic E-state index is -0.0961. The van der Waals surface area contributed by atoms with Gasteiger partial charge in [0.15, 0.2) is 0 Å². The van der Waals surface area contributed by atoms with Gasteiger partial charge >= 0.3 is 220 Å². The SMILES string of the molecule is Cc1ccnc(-n2c3[c-]c(Oc4[c-]c(-n5[c](=[Pt])n(C)c6cc(C(C)(C)C)ccc65)ccc4)ccc3c3ccc4c(c32)C(C)(C)C(C)(C)C4(C)C)c1. The number of aromatic nitrogens is 4. The van der Waals surface area contributed by atoms with E-state index in [-0.39, 0.29) is 21.7 Å². The number of imidazole rings is 1. The number of ether oxygens (including phenoxy) is 1. The van der Waals surface area contributed by atoms with Crippen LogP contribution in [0.25, 0.3) is 44.3 Å². The van der Waals surface area contributed by atoms with Gasteiger partial charge < -0.3 is 0 Å². The van der Waals surface area contributed by atoms with Gasteiger partial charge in [-0.15, -0.1) is 0 Å².